The molecule has 0 bridgehead atoms. The van der Waals surface area contributed by atoms with E-state index in [1.807, 2.05) is 0 Å². The van der Waals surface area contributed by atoms with Crippen LogP contribution in [0.4, 0.5) is 4.39 Å². The molecule has 1 N–H and O–H groups in total. The Balaban J connectivity index is 3.04. The molecule has 1 atom stereocenters. The average molecular weight is 249 g/mol. The molecule has 2 nitrogen and oxygen atoms in total. The Hall–Kier alpha value is -1.53. The predicted molar refractivity (Wildman–Crippen MR) is 72.1 cm³/mol. The molecular weight excluding hydrogens is 229 g/mol. The van der Waals surface area contributed by atoms with Crippen molar-refractivity contribution < 1.29 is 9.13 Å². The number of hydrogen-bond donors (Lipinski definition) is 1. The van der Waals surface area contributed by atoms with E-state index in [-0.39, 0.29) is 11.9 Å². The highest BCUT2D eigenvalue weighted by Crippen LogP contribution is 2.29. The van der Waals surface area contributed by atoms with E-state index in [1.165, 1.54) is 6.07 Å². The maximum absolute atomic E-state index is 14.0. The van der Waals surface area contributed by atoms with Crippen LogP contribution in [0.25, 0.3) is 0 Å². The highest BCUT2D eigenvalue weighted by molar-refractivity contribution is 5.38. The zero-order chi connectivity index (χ0) is 13.4. The van der Waals surface area contributed by atoms with Gasteiger partial charge in [-0.1, -0.05) is 13.0 Å². The van der Waals surface area contributed by atoms with Gasteiger partial charge in [0.25, 0.3) is 0 Å². The molecule has 1 aromatic rings. The van der Waals surface area contributed by atoms with E-state index < -0.39 is 0 Å². The van der Waals surface area contributed by atoms with Crippen LogP contribution in [0.3, 0.4) is 0 Å². The van der Waals surface area contributed by atoms with E-state index >= 15 is 0 Å². The van der Waals surface area contributed by atoms with Crippen LogP contribution >= 0.6 is 0 Å². The highest BCUT2D eigenvalue weighted by atomic mass is 19.1. The van der Waals surface area contributed by atoms with Gasteiger partial charge in [0, 0.05) is 18.0 Å². The van der Waals surface area contributed by atoms with Crippen molar-refractivity contribution in [2.24, 2.45) is 0 Å². The molecule has 1 rings (SSSR count). The largest absolute Gasteiger partial charge is 0.496 e. The lowest BCUT2D eigenvalue weighted by atomic mass is 10.0. The van der Waals surface area contributed by atoms with Gasteiger partial charge in [-0.25, -0.2) is 4.39 Å². The number of nitrogens with one attached hydrogen (secondary N) is 1. The summed E-state index contributed by atoms with van der Waals surface area (Å²) in [6.45, 7) is 4.69. The Bertz CT molecular complexity index is 434. The minimum absolute atomic E-state index is 0.131. The Morgan fingerprint density at radius 2 is 2.22 bits per heavy atom. The maximum atomic E-state index is 14.0. The van der Waals surface area contributed by atoms with Crippen LogP contribution in [0.15, 0.2) is 18.2 Å². The lowest BCUT2D eigenvalue weighted by molar-refractivity contribution is 0.390. The summed E-state index contributed by atoms with van der Waals surface area (Å²) in [6, 6.07) is 4.75. The third-order valence-corrected chi connectivity index (χ3v) is 2.70. The first kappa shape index (κ1) is 14.5. The van der Waals surface area contributed by atoms with Crippen LogP contribution in [-0.4, -0.2) is 13.7 Å². The number of rotatable bonds is 6. The summed E-state index contributed by atoms with van der Waals surface area (Å²) in [7, 11) is 1.56. The third-order valence-electron chi connectivity index (χ3n) is 2.70. The van der Waals surface area contributed by atoms with Crippen LogP contribution in [0, 0.1) is 17.7 Å². The fourth-order valence-electron chi connectivity index (χ4n) is 1.83. The van der Waals surface area contributed by atoms with Crippen molar-refractivity contribution in [1.82, 2.24) is 5.32 Å². The summed E-state index contributed by atoms with van der Waals surface area (Å²) in [4.78, 5) is 0. The van der Waals surface area contributed by atoms with Crippen LogP contribution in [0.5, 0.6) is 5.75 Å². The normalized spacial score (nSPS) is 11.6. The summed E-state index contributed by atoms with van der Waals surface area (Å²) in [6.07, 6.45) is 1.57. The Kier molecular flexibility index (Phi) is 6.24. The van der Waals surface area contributed by atoms with Crippen molar-refractivity contribution in [3.8, 4) is 17.6 Å². The van der Waals surface area contributed by atoms with Gasteiger partial charge in [-0.05, 0) is 32.0 Å². The van der Waals surface area contributed by atoms with E-state index in [1.54, 1.807) is 26.2 Å². The topological polar surface area (TPSA) is 21.3 Å². The van der Waals surface area contributed by atoms with Crippen molar-refractivity contribution in [2.45, 2.75) is 32.7 Å². The van der Waals surface area contributed by atoms with Crippen molar-refractivity contribution in [1.29, 1.82) is 0 Å². The van der Waals surface area contributed by atoms with Gasteiger partial charge in [0.15, 0.2) is 0 Å². The van der Waals surface area contributed by atoms with E-state index in [9.17, 15) is 4.39 Å². The average Bonchev–Trinajstić information content (AvgIpc) is 2.39. The molecule has 0 radical (unpaired) electrons. The van der Waals surface area contributed by atoms with Gasteiger partial charge in [0.1, 0.15) is 11.6 Å². The zero-order valence-corrected chi connectivity index (χ0v) is 11.2. The number of hydrogen-bond acceptors (Lipinski definition) is 2. The highest BCUT2D eigenvalue weighted by Gasteiger charge is 2.18. The van der Waals surface area contributed by atoms with Crippen LogP contribution in [-0.2, 0) is 0 Å². The van der Waals surface area contributed by atoms with E-state index in [0.717, 1.165) is 13.0 Å². The molecule has 1 unspecified atom stereocenters. The van der Waals surface area contributed by atoms with Gasteiger partial charge in [-0.3, -0.25) is 0 Å². The van der Waals surface area contributed by atoms with Crippen molar-refractivity contribution in [3.63, 3.8) is 0 Å². The van der Waals surface area contributed by atoms with Crippen LogP contribution < -0.4 is 10.1 Å². The van der Waals surface area contributed by atoms with Gasteiger partial charge in [-0.2, -0.15) is 0 Å². The molecule has 0 heterocycles. The first-order valence-corrected chi connectivity index (χ1v) is 6.20. The predicted octanol–water partition coefficient (Wildman–Crippen LogP) is 3.29. The fraction of sp³-hybridized carbons (Fsp3) is 0.467. The third kappa shape index (κ3) is 3.75. The van der Waals surface area contributed by atoms with Gasteiger partial charge >= 0.3 is 0 Å². The van der Waals surface area contributed by atoms with E-state index in [2.05, 4.69) is 24.1 Å². The Morgan fingerprint density at radius 3 is 2.83 bits per heavy atom. The molecule has 0 aliphatic rings. The molecule has 0 spiro atoms. The lowest BCUT2D eigenvalue weighted by Gasteiger charge is -2.19. The van der Waals surface area contributed by atoms with Crippen LogP contribution in [0.2, 0.25) is 0 Å². The van der Waals surface area contributed by atoms with Crippen molar-refractivity contribution in [3.05, 3.63) is 29.6 Å². The monoisotopic (exact) mass is 249 g/mol. The smallest absolute Gasteiger partial charge is 0.131 e. The molecule has 3 heteroatoms. The molecule has 0 saturated heterocycles. The maximum Gasteiger partial charge on any atom is 0.131 e. The second-order valence-electron chi connectivity index (χ2n) is 3.99. The van der Waals surface area contributed by atoms with Gasteiger partial charge < -0.3 is 10.1 Å². The molecule has 0 saturated carbocycles. The first-order valence-electron chi connectivity index (χ1n) is 6.20. The number of benzene rings is 1. The van der Waals surface area contributed by atoms with Crippen molar-refractivity contribution >= 4 is 0 Å². The van der Waals surface area contributed by atoms with Gasteiger partial charge in [-0.15, -0.1) is 11.8 Å². The van der Waals surface area contributed by atoms with Gasteiger partial charge in [0.2, 0.25) is 0 Å². The lowest BCUT2D eigenvalue weighted by Crippen LogP contribution is -2.23. The quantitative estimate of drug-likeness (QED) is 0.781. The van der Waals surface area contributed by atoms with Gasteiger partial charge in [0.05, 0.1) is 7.11 Å². The number of methoxy groups -OCH3 is 1. The van der Waals surface area contributed by atoms with E-state index in [0.29, 0.717) is 17.7 Å². The second kappa shape index (κ2) is 7.73. The Morgan fingerprint density at radius 1 is 1.44 bits per heavy atom. The molecule has 98 valence electrons. The standard InChI is InChI=1S/C15H20FNO/c1-4-6-9-13(17-11-5-2)15-12(16)8-7-10-14(15)18-3/h7-8,10,13,17H,5,9,11H2,1-3H3. The summed E-state index contributed by atoms with van der Waals surface area (Å²) < 4.78 is 19.2. The second-order valence-corrected chi connectivity index (χ2v) is 3.99. The summed E-state index contributed by atoms with van der Waals surface area (Å²) in [5.41, 5.74) is 0.566. The SMILES string of the molecule is CC#CCC(NCCC)c1c(F)cccc1OC. The molecule has 0 amide bonds. The summed E-state index contributed by atoms with van der Waals surface area (Å²) in [5, 5.41) is 3.31. The Labute approximate surface area is 109 Å². The minimum Gasteiger partial charge on any atom is -0.496 e. The molecule has 0 aromatic heterocycles. The zero-order valence-electron chi connectivity index (χ0n) is 11.2. The minimum atomic E-state index is -0.249. The molecule has 0 aliphatic heterocycles. The number of halogens is 1. The van der Waals surface area contributed by atoms with E-state index in [4.69, 9.17) is 4.74 Å². The molecule has 1 aromatic carbocycles. The first-order chi connectivity index (χ1) is 8.74. The molecule has 18 heavy (non-hydrogen) atoms. The van der Waals surface area contributed by atoms with Crippen molar-refractivity contribution in [2.75, 3.05) is 13.7 Å². The molecule has 0 aliphatic carbocycles. The summed E-state index contributed by atoms with van der Waals surface area (Å²) in [5.74, 6) is 6.17. The number of ether oxygens (including phenoxy) is 1. The summed E-state index contributed by atoms with van der Waals surface area (Å²) >= 11 is 0. The molecule has 0 fully saturated rings. The fourth-order valence-corrected chi connectivity index (χ4v) is 1.83. The molecular formula is C15H20FNO. The van der Waals surface area contributed by atoms with Crippen LogP contribution in [0.1, 0.15) is 38.3 Å².